The van der Waals surface area contributed by atoms with Crippen molar-refractivity contribution in [3.8, 4) is 11.1 Å². The van der Waals surface area contributed by atoms with Gasteiger partial charge in [-0.3, -0.25) is 0 Å². The van der Waals surface area contributed by atoms with Gasteiger partial charge in [0.25, 0.3) is 0 Å². The summed E-state index contributed by atoms with van der Waals surface area (Å²) in [6.45, 7) is 4.66. The highest BCUT2D eigenvalue weighted by Gasteiger charge is 2.36. The smallest absolute Gasteiger partial charge is 0.136 e. The molecule has 1 aliphatic heterocycles. The first kappa shape index (κ1) is 23.8. The number of anilines is 3. The van der Waals surface area contributed by atoms with Crippen LogP contribution < -0.4 is 4.90 Å². The highest BCUT2D eigenvalue weighted by molar-refractivity contribution is 7.26. The van der Waals surface area contributed by atoms with Crippen LogP contribution in [0.3, 0.4) is 0 Å². The number of thiophene rings is 1. The Hall–Kier alpha value is -4.86. The Balaban J connectivity index is 1.30. The van der Waals surface area contributed by atoms with E-state index in [2.05, 4.69) is 146 Å². The molecule has 9 rings (SSSR count). The normalized spacial score (nSPS) is 14.1. The van der Waals surface area contributed by atoms with Crippen LogP contribution in [0.1, 0.15) is 25.0 Å². The van der Waals surface area contributed by atoms with Crippen LogP contribution in [0.4, 0.5) is 17.1 Å². The van der Waals surface area contributed by atoms with E-state index in [1.54, 1.807) is 0 Å². The average molecular weight is 558 g/mol. The Labute approximate surface area is 248 Å². The van der Waals surface area contributed by atoms with Crippen LogP contribution in [0.15, 0.2) is 132 Å². The summed E-state index contributed by atoms with van der Waals surface area (Å²) in [5, 5.41) is 4.99. The van der Waals surface area contributed by atoms with E-state index in [1.165, 1.54) is 64.6 Å². The minimum absolute atomic E-state index is 0.0851. The highest BCUT2D eigenvalue weighted by Crippen LogP contribution is 2.52. The van der Waals surface area contributed by atoms with Crippen LogP contribution in [0.5, 0.6) is 0 Å². The lowest BCUT2D eigenvalue weighted by molar-refractivity contribution is 0.632. The number of hydrogen-bond acceptors (Lipinski definition) is 3. The van der Waals surface area contributed by atoms with Crippen molar-refractivity contribution in [2.45, 2.75) is 19.3 Å². The van der Waals surface area contributed by atoms with Gasteiger partial charge in [-0.1, -0.05) is 92.7 Å². The minimum Gasteiger partial charge on any atom is -0.456 e. The van der Waals surface area contributed by atoms with E-state index in [0.29, 0.717) is 0 Å². The topological polar surface area (TPSA) is 16.4 Å². The van der Waals surface area contributed by atoms with Gasteiger partial charge in [-0.05, 0) is 70.8 Å². The van der Waals surface area contributed by atoms with Crippen LogP contribution in [-0.4, -0.2) is 0 Å². The molecule has 42 heavy (non-hydrogen) atoms. The lowest BCUT2D eigenvalue weighted by Gasteiger charge is -2.42. The van der Waals surface area contributed by atoms with E-state index in [1.807, 2.05) is 11.3 Å². The van der Waals surface area contributed by atoms with Crippen LogP contribution in [0.2, 0.25) is 0 Å². The fourth-order valence-electron chi connectivity index (χ4n) is 7.09. The van der Waals surface area contributed by atoms with Crippen LogP contribution in [-0.2, 0) is 5.41 Å². The minimum atomic E-state index is -0.0851. The van der Waals surface area contributed by atoms with Gasteiger partial charge in [0.2, 0.25) is 0 Å². The van der Waals surface area contributed by atoms with E-state index in [0.717, 1.165) is 16.9 Å². The van der Waals surface area contributed by atoms with Gasteiger partial charge in [0.15, 0.2) is 0 Å². The van der Waals surface area contributed by atoms with E-state index < -0.39 is 0 Å². The van der Waals surface area contributed by atoms with Gasteiger partial charge in [-0.25, -0.2) is 0 Å². The maximum atomic E-state index is 6.48. The summed E-state index contributed by atoms with van der Waals surface area (Å²) in [4.78, 5) is 2.43. The molecule has 3 heterocycles. The van der Waals surface area contributed by atoms with Crippen molar-refractivity contribution in [2.24, 2.45) is 0 Å². The maximum absolute atomic E-state index is 6.48. The predicted molar refractivity (Wildman–Crippen MR) is 179 cm³/mol. The van der Waals surface area contributed by atoms with Crippen molar-refractivity contribution in [3.05, 3.63) is 139 Å². The molecule has 0 N–H and O–H groups in total. The van der Waals surface area contributed by atoms with E-state index >= 15 is 0 Å². The summed E-state index contributed by atoms with van der Waals surface area (Å²) in [6, 6.07) is 46.1. The zero-order chi connectivity index (χ0) is 28.0. The first-order chi connectivity index (χ1) is 20.6. The third kappa shape index (κ3) is 3.20. The van der Waals surface area contributed by atoms with E-state index in [9.17, 15) is 0 Å². The van der Waals surface area contributed by atoms with Gasteiger partial charge in [0.05, 0.1) is 11.4 Å². The summed E-state index contributed by atoms with van der Waals surface area (Å²) in [5.41, 5.74) is 10.4. The molecule has 8 aromatic rings. The molecule has 0 atom stereocenters. The monoisotopic (exact) mass is 557 g/mol. The van der Waals surface area contributed by atoms with Crippen LogP contribution >= 0.6 is 11.3 Å². The van der Waals surface area contributed by atoms with Crippen molar-refractivity contribution in [2.75, 3.05) is 4.90 Å². The Morgan fingerprint density at radius 2 is 1.29 bits per heavy atom. The zero-order valence-corrected chi connectivity index (χ0v) is 24.2. The molecule has 200 valence electrons. The molecule has 2 aromatic heterocycles. The van der Waals surface area contributed by atoms with Gasteiger partial charge in [0, 0.05) is 42.0 Å². The van der Waals surface area contributed by atoms with Gasteiger partial charge >= 0.3 is 0 Å². The number of nitrogens with zero attached hydrogens (tertiary/aromatic N) is 1. The van der Waals surface area contributed by atoms with Crippen molar-refractivity contribution in [1.82, 2.24) is 0 Å². The van der Waals surface area contributed by atoms with Gasteiger partial charge < -0.3 is 9.32 Å². The molecule has 0 bridgehead atoms. The molecule has 0 unspecified atom stereocenters. The SMILES string of the molecule is CC1(C)c2ccccc2N(c2cccc(-c3cccc4oc5ccc6c7ccccc7sc6c5c34)c2)c2ccccc21. The Morgan fingerprint density at radius 1 is 0.595 bits per heavy atom. The van der Waals surface area contributed by atoms with Gasteiger partial charge in [0.1, 0.15) is 11.2 Å². The Bertz CT molecular complexity index is 2310. The average Bonchev–Trinajstić information content (AvgIpc) is 3.60. The standard InChI is InChI=1S/C39H27NOS/c1-39(2)29-15-4-6-17-31(29)40(32-18-7-5-16-30(32)39)25-12-9-11-24(23-25)26-14-10-19-33-36(26)37-34(41-33)22-21-28-27-13-3-8-20-35(27)42-38(28)37/h3-23H,1-2H3. The fourth-order valence-corrected chi connectivity index (χ4v) is 8.33. The highest BCUT2D eigenvalue weighted by atomic mass is 32.1. The molecular weight excluding hydrogens is 531 g/mol. The van der Waals surface area contributed by atoms with Crippen LogP contribution in [0.25, 0.3) is 53.2 Å². The number of rotatable bonds is 2. The number of benzene rings is 6. The molecule has 2 nitrogen and oxygen atoms in total. The molecule has 0 saturated heterocycles. The molecular formula is C39H27NOS. The van der Waals surface area contributed by atoms with Crippen LogP contribution in [0, 0.1) is 0 Å². The van der Waals surface area contributed by atoms with E-state index in [-0.39, 0.29) is 5.41 Å². The second-order valence-electron chi connectivity index (χ2n) is 11.7. The third-order valence-electron chi connectivity index (χ3n) is 9.06. The lowest BCUT2D eigenvalue weighted by Crippen LogP contribution is -2.30. The summed E-state index contributed by atoms with van der Waals surface area (Å²) in [7, 11) is 0. The quantitative estimate of drug-likeness (QED) is 0.210. The molecule has 0 spiro atoms. The zero-order valence-electron chi connectivity index (χ0n) is 23.4. The van der Waals surface area contributed by atoms with Crippen molar-refractivity contribution in [1.29, 1.82) is 0 Å². The number of fused-ring (bicyclic) bond motifs is 9. The molecule has 0 saturated carbocycles. The van der Waals surface area contributed by atoms with Crippen molar-refractivity contribution in [3.63, 3.8) is 0 Å². The fraction of sp³-hybridized carbons (Fsp3) is 0.0769. The lowest BCUT2D eigenvalue weighted by atomic mass is 9.73. The molecule has 0 radical (unpaired) electrons. The molecule has 1 aliphatic rings. The molecule has 0 aliphatic carbocycles. The Morgan fingerprint density at radius 3 is 2.10 bits per heavy atom. The summed E-state index contributed by atoms with van der Waals surface area (Å²) in [5.74, 6) is 0. The molecule has 6 aromatic carbocycles. The number of para-hydroxylation sites is 2. The second-order valence-corrected chi connectivity index (χ2v) is 12.8. The second kappa shape index (κ2) is 8.58. The molecule has 0 fully saturated rings. The van der Waals surface area contributed by atoms with Crippen molar-refractivity contribution < 1.29 is 4.42 Å². The predicted octanol–water partition coefficient (Wildman–Crippen LogP) is 11.7. The third-order valence-corrected chi connectivity index (χ3v) is 10.3. The maximum Gasteiger partial charge on any atom is 0.136 e. The largest absolute Gasteiger partial charge is 0.456 e. The van der Waals surface area contributed by atoms with Gasteiger partial charge in [-0.2, -0.15) is 0 Å². The summed E-state index contributed by atoms with van der Waals surface area (Å²) >= 11 is 1.86. The van der Waals surface area contributed by atoms with Gasteiger partial charge in [-0.15, -0.1) is 11.3 Å². The summed E-state index contributed by atoms with van der Waals surface area (Å²) < 4.78 is 9.07. The Kier molecular flexibility index (Phi) is 4.86. The first-order valence-corrected chi connectivity index (χ1v) is 15.3. The summed E-state index contributed by atoms with van der Waals surface area (Å²) in [6.07, 6.45) is 0. The number of furan rings is 1. The first-order valence-electron chi connectivity index (χ1n) is 14.4. The molecule has 0 amide bonds. The van der Waals surface area contributed by atoms with E-state index in [4.69, 9.17) is 4.42 Å². The number of hydrogen-bond donors (Lipinski definition) is 0. The van der Waals surface area contributed by atoms with Crippen molar-refractivity contribution >= 4 is 70.5 Å². The molecule has 3 heteroatoms.